The molecule has 0 fully saturated rings. The standard InChI is InChI=1S/C24H30O4/c1-3-21(24(27)17-28-16-19-9-5-4-6-10-19)23(26)14-13-18(2)15-20-11-7-8-12-22(20)25/h3-12,15,21,23-27H,1,13-14,16-17H2,2H3/b18-15+/t21-,23-,24-/m1/s1. The van der Waals surface area contributed by atoms with Crippen LogP contribution in [0.4, 0.5) is 0 Å². The van der Waals surface area contributed by atoms with E-state index < -0.39 is 18.1 Å². The number of hydrogen-bond donors (Lipinski definition) is 3. The molecular weight excluding hydrogens is 352 g/mol. The van der Waals surface area contributed by atoms with E-state index >= 15 is 0 Å². The number of aliphatic hydroxyl groups excluding tert-OH is 2. The van der Waals surface area contributed by atoms with Crippen LogP contribution in [-0.2, 0) is 11.3 Å². The zero-order valence-corrected chi connectivity index (χ0v) is 16.4. The quantitative estimate of drug-likeness (QED) is 0.506. The Morgan fingerprint density at radius 1 is 1.04 bits per heavy atom. The maximum Gasteiger partial charge on any atom is 0.122 e. The zero-order valence-electron chi connectivity index (χ0n) is 16.4. The van der Waals surface area contributed by atoms with Crippen LogP contribution in [0, 0.1) is 5.92 Å². The molecule has 150 valence electrons. The first-order chi connectivity index (χ1) is 13.5. The van der Waals surface area contributed by atoms with Gasteiger partial charge >= 0.3 is 0 Å². The lowest BCUT2D eigenvalue weighted by molar-refractivity contribution is -0.0273. The molecule has 0 spiro atoms. The molecule has 3 N–H and O–H groups in total. The van der Waals surface area contributed by atoms with Gasteiger partial charge in [-0.05, 0) is 31.4 Å². The Morgan fingerprint density at radius 3 is 2.39 bits per heavy atom. The summed E-state index contributed by atoms with van der Waals surface area (Å²) < 4.78 is 5.58. The summed E-state index contributed by atoms with van der Waals surface area (Å²) in [7, 11) is 0. The largest absolute Gasteiger partial charge is 0.507 e. The van der Waals surface area contributed by atoms with Crippen LogP contribution in [0.15, 0.2) is 72.8 Å². The molecule has 0 aliphatic rings. The summed E-state index contributed by atoms with van der Waals surface area (Å²) in [5.74, 6) is -0.231. The highest BCUT2D eigenvalue weighted by molar-refractivity contribution is 5.58. The van der Waals surface area contributed by atoms with Crippen LogP contribution in [0.2, 0.25) is 0 Å². The second-order valence-corrected chi connectivity index (χ2v) is 7.04. The SMILES string of the molecule is C=C[C@H]([C@H](O)CC/C(C)=C/c1ccccc1O)[C@H](O)COCc1ccccc1. The van der Waals surface area contributed by atoms with Gasteiger partial charge in [0.15, 0.2) is 0 Å². The summed E-state index contributed by atoms with van der Waals surface area (Å²) in [5, 5.41) is 30.7. The fourth-order valence-electron chi connectivity index (χ4n) is 3.07. The van der Waals surface area contributed by atoms with Crippen molar-refractivity contribution < 1.29 is 20.1 Å². The predicted molar refractivity (Wildman–Crippen MR) is 113 cm³/mol. The molecule has 28 heavy (non-hydrogen) atoms. The van der Waals surface area contributed by atoms with E-state index in [-0.39, 0.29) is 12.4 Å². The van der Waals surface area contributed by atoms with Gasteiger partial charge in [0, 0.05) is 11.5 Å². The van der Waals surface area contributed by atoms with Gasteiger partial charge in [-0.15, -0.1) is 6.58 Å². The molecule has 4 nitrogen and oxygen atoms in total. The number of ether oxygens (including phenoxy) is 1. The predicted octanol–water partition coefficient (Wildman–Crippen LogP) is 4.32. The first kappa shape index (κ1) is 21.9. The minimum absolute atomic E-state index is 0.134. The molecule has 0 aromatic heterocycles. The number of para-hydroxylation sites is 1. The second-order valence-electron chi connectivity index (χ2n) is 7.04. The third-order valence-electron chi connectivity index (χ3n) is 4.73. The first-order valence-electron chi connectivity index (χ1n) is 9.56. The number of aromatic hydroxyl groups is 1. The van der Waals surface area contributed by atoms with Crippen molar-refractivity contribution in [1.29, 1.82) is 0 Å². The van der Waals surface area contributed by atoms with Gasteiger partial charge in [-0.2, -0.15) is 0 Å². The molecule has 0 heterocycles. The first-order valence-corrected chi connectivity index (χ1v) is 9.56. The van der Waals surface area contributed by atoms with Crippen molar-refractivity contribution in [3.8, 4) is 5.75 Å². The Labute approximate surface area is 167 Å². The Hall–Kier alpha value is -2.40. The monoisotopic (exact) mass is 382 g/mol. The maximum absolute atomic E-state index is 10.5. The molecule has 0 saturated carbocycles. The van der Waals surface area contributed by atoms with Crippen molar-refractivity contribution in [2.75, 3.05) is 6.61 Å². The average molecular weight is 383 g/mol. The molecule has 2 aromatic carbocycles. The van der Waals surface area contributed by atoms with Gasteiger partial charge in [0.1, 0.15) is 5.75 Å². The van der Waals surface area contributed by atoms with Crippen molar-refractivity contribution in [2.24, 2.45) is 5.92 Å². The van der Waals surface area contributed by atoms with Crippen molar-refractivity contribution in [3.63, 3.8) is 0 Å². The van der Waals surface area contributed by atoms with E-state index in [1.54, 1.807) is 18.2 Å². The summed E-state index contributed by atoms with van der Waals surface area (Å²) in [6.45, 7) is 6.26. The second kappa shape index (κ2) is 11.4. The zero-order chi connectivity index (χ0) is 20.4. The van der Waals surface area contributed by atoms with Gasteiger partial charge in [-0.25, -0.2) is 0 Å². The van der Waals surface area contributed by atoms with Crippen LogP contribution >= 0.6 is 0 Å². The molecule has 0 unspecified atom stereocenters. The fourth-order valence-corrected chi connectivity index (χ4v) is 3.07. The van der Waals surface area contributed by atoms with E-state index in [1.807, 2.05) is 55.5 Å². The highest BCUT2D eigenvalue weighted by Crippen LogP contribution is 2.23. The van der Waals surface area contributed by atoms with Gasteiger partial charge in [0.25, 0.3) is 0 Å². The Balaban J connectivity index is 1.82. The van der Waals surface area contributed by atoms with Crippen LogP contribution < -0.4 is 0 Å². The minimum Gasteiger partial charge on any atom is -0.507 e. The number of allylic oxidation sites excluding steroid dienone is 1. The Kier molecular flexibility index (Phi) is 8.95. The molecule has 0 aliphatic heterocycles. The molecule has 0 saturated heterocycles. The number of rotatable bonds is 11. The van der Waals surface area contributed by atoms with Crippen molar-refractivity contribution in [3.05, 3.63) is 84.0 Å². The van der Waals surface area contributed by atoms with Crippen LogP contribution in [0.5, 0.6) is 5.75 Å². The van der Waals surface area contributed by atoms with E-state index in [9.17, 15) is 15.3 Å². The van der Waals surface area contributed by atoms with Crippen molar-refractivity contribution in [1.82, 2.24) is 0 Å². The minimum atomic E-state index is -0.821. The van der Waals surface area contributed by atoms with Crippen molar-refractivity contribution >= 4 is 6.08 Å². The number of benzene rings is 2. The van der Waals surface area contributed by atoms with Gasteiger partial charge in [0.2, 0.25) is 0 Å². The van der Waals surface area contributed by atoms with Crippen LogP contribution in [0.1, 0.15) is 30.9 Å². The fraction of sp³-hybridized carbons (Fsp3) is 0.333. The molecule has 0 radical (unpaired) electrons. The summed E-state index contributed by atoms with van der Waals surface area (Å²) in [6, 6.07) is 16.9. The molecule has 3 atom stereocenters. The van der Waals surface area contributed by atoms with Gasteiger partial charge in [0.05, 0.1) is 25.4 Å². The van der Waals surface area contributed by atoms with E-state index in [0.717, 1.165) is 16.7 Å². The van der Waals surface area contributed by atoms with E-state index in [4.69, 9.17) is 4.74 Å². The number of hydrogen-bond acceptors (Lipinski definition) is 4. The molecule has 0 amide bonds. The molecule has 2 rings (SSSR count). The normalized spacial score (nSPS) is 15.0. The van der Waals surface area contributed by atoms with Gasteiger partial charge in [-0.3, -0.25) is 0 Å². The molecule has 0 aliphatic carbocycles. The van der Waals surface area contributed by atoms with E-state index in [0.29, 0.717) is 19.4 Å². The summed E-state index contributed by atoms with van der Waals surface area (Å²) in [4.78, 5) is 0. The average Bonchev–Trinajstić information content (AvgIpc) is 2.69. The van der Waals surface area contributed by atoms with Crippen LogP contribution in [0.3, 0.4) is 0 Å². The Morgan fingerprint density at radius 2 is 1.71 bits per heavy atom. The van der Waals surface area contributed by atoms with Gasteiger partial charge < -0.3 is 20.1 Å². The number of phenols is 1. The van der Waals surface area contributed by atoms with Crippen LogP contribution in [0.25, 0.3) is 6.08 Å². The summed E-state index contributed by atoms with van der Waals surface area (Å²) >= 11 is 0. The van der Waals surface area contributed by atoms with Crippen LogP contribution in [-0.4, -0.2) is 34.1 Å². The van der Waals surface area contributed by atoms with E-state index in [2.05, 4.69) is 6.58 Å². The molecule has 4 heteroatoms. The highest BCUT2D eigenvalue weighted by Gasteiger charge is 2.24. The Bertz CT molecular complexity index is 754. The summed E-state index contributed by atoms with van der Waals surface area (Å²) in [5.41, 5.74) is 2.83. The lowest BCUT2D eigenvalue weighted by Gasteiger charge is -2.25. The lowest BCUT2D eigenvalue weighted by Crippen LogP contribution is -2.33. The van der Waals surface area contributed by atoms with Gasteiger partial charge in [-0.1, -0.05) is 66.3 Å². The number of phenolic OH excluding ortho intramolecular Hbond substituents is 1. The smallest absolute Gasteiger partial charge is 0.122 e. The number of aliphatic hydroxyl groups is 2. The molecule has 2 aromatic rings. The van der Waals surface area contributed by atoms with E-state index in [1.165, 1.54) is 0 Å². The maximum atomic E-state index is 10.5. The third kappa shape index (κ3) is 6.97. The molecular formula is C24H30O4. The summed E-state index contributed by atoms with van der Waals surface area (Å²) in [6.07, 6.45) is 3.09. The van der Waals surface area contributed by atoms with Crippen molar-refractivity contribution in [2.45, 2.75) is 38.6 Å². The molecule has 0 bridgehead atoms. The highest BCUT2D eigenvalue weighted by atomic mass is 16.5. The third-order valence-corrected chi connectivity index (χ3v) is 4.73. The topological polar surface area (TPSA) is 69.9 Å². The lowest BCUT2D eigenvalue weighted by atomic mass is 9.91.